The van der Waals surface area contributed by atoms with Crippen LogP contribution in [0.25, 0.3) is 11.1 Å². The number of rotatable bonds is 0. The number of fused-ring (bicyclic) bond motifs is 3. The predicted octanol–water partition coefficient (Wildman–Crippen LogP) is 3.70. The molecule has 0 spiro atoms. The van der Waals surface area contributed by atoms with E-state index >= 15 is 0 Å². The van der Waals surface area contributed by atoms with Crippen LogP contribution in [0, 0.1) is 0 Å². The van der Waals surface area contributed by atoms with Crippen molar-refractivity contribution in [2.45, 2.75) is 13.8 Å². The maximum Gasteiger partial charge on any atom is 0.262 e. The molecule has 0 aromatic heterocycles. The van der Waals surface area contributed by atoms with Gasteiger partial charge in [0.05, 0.1) is 5.30 Å². The van der Waals surface area contributed by atoms with Crippen molar-refractivity contribution < 1.29 is 9.42 Å². The zero-order chi connectivity index (χ0) is 12.3. The summed E-state index contributed by atoms with van der Waals surface area (Å²) < 4.78 is 5.48. The zero-order valence-electron chi connectivity index (χ0n) is 9.92. The highest BCUT2D eigenvalue weighted by Crippen LogP contribution is 2.45. The van der Waals surface area contributed by atoms with Crippen molar-refractivity contribution in [3.8, 4) is 16.9 Å². The smallest absolute Gasteiger partial charge is 0.262 e. The SMILES string of the molecule is CC.OP1Oc2ccccc2-c2ccccc21. The summed E-state index contributed by atoms with van der Waals surface area (Å²) in [5.41, 5.74) is 2.13. The molecule has 2 aromatic rings. The first-order valence-corrected chi connectivity index (χ1v) is 6.93. The third-order valence-corrected chi connectivity index (χ3v) is 3.64. The Morgan fingerprint density at radius 3 is 2.24 bits per heavy atom. The van der Waals surface area contributed by atoms with E-state index < -0.39 is 8.38 Å². The molecule has 0 aliphatic carbocycles. The fourth-order valence-corrected chi connectivity index (χ4v) is 2.84. The number of hydrogen-bond acceptors (Lipinski definition) is 2. The van der Waals surface area contributed by atoms with Crippen LogP contribution in [0.5, 0.6) is 5.75 Å². The fourth-order valence-electron chi connectivity index (χ4n) is 1.78. The van der Waals surface area contributed by atoms with Crippen molar-refractivity contribution in [2.24, 2.45) is 0 Å². The Hall–Kier alpha value is -1.37. The van der Waals surface area contributed by atoms with Crippen LogP contribution in [0.2, 0.25) is 0 Å². The van der Waals surface area contributed by atoms with Crippen molar-refractivity contribution in [3.63, 3.8) is 0 Å². The minimum atomic E-state index is -1.49. The van der Waals surface area contributed by atoms with Crippen LogP contribution < -0.4 is 9.83 Å². The standard InChI is InChI=1S/C12H9O2P.C2H6/c13-15-12-8-4-2-6-10(12)9-5-1-3-7-11(9)14-15;1-2/h1-8,13H;1-2H3. The van der Waals surface area contributed by atoms with Crippen molar-refractivity contribution in [1.82, 2.24) is 0 Å². The quantitative estimate of drug-likeness (QED) is 0.718. The molecule has 1 aliphatic heterocycles. The van der Waals surface area contributed by atoms with Gasteiger partial charge in [-0.3, -0.25) is 0 Å². The molecular weight excluding hydrogens is 231 g/mol. The van der Waals surface area contributed by atoms with Gasteiger partial charge in [0.25, 0.3) is 8.38 Å². The summed E-state index contributed by atoms with van der Waals surface area (Å²) in [7, 11) is -1.49. The molecule has 1 heterocycles. The van der Waals surface area contributed by atoms with Crippen molar-refractivity contribution in [2.75, 3.05) is 0 Å². The maximum atomic E-state index is 9.85. The summed E-state index contributed by atoms with van der Waals surface area (Å²) in [6, 6.07) is 15.6. The van der Waals surface area contributed by atoms with Gasteiger partial charge in [-0.25, -0.2) is 0 Å². The van der Waals surface area contributed by atoms with Crippen LogP contribution in [0.4, 0.5) is 0 Å². The van der Waals surface area contributed by atoms with Crippen LogP contribution >= 0.6 is 8.38 Å². The van der Waals surface area contributed by atoms with Gasteiger partial charge in [0.15, 0.2) is 0 Å². The molecule has 1 N–H and O–H groups in total. The number of para-hydroxylation sites is 1. The first-order valence-electron chi connectivity index (χ1n) is 5.72. The van der Waals surface area contributed by atoms with Gasteiger partial charge in [-0.05, 0) is 17.7 Å². The second kappa shape index (κ2) is 5.31. The molecular formula is C14H15O2P. The van der Waals surface area contributed by atoms with E-state index in [9.17, 15) is 4.89 Å². The maximum absolute atomic E-state index is 9.85. The zero-order valence-corrected chi connectivity index (χ0v) is 10.8. The molecule has 17 heavy (non-hydrogen) atoms. The Labute approximate surface area is 103 Å². The van der Waals surface area contributed by atoms with Gasteiger partial charge in [-0.1, -0.05) is 50.2 Å². The van der Waals surface area contributed by atoms with Crippen LogP contribution in [-0.2, 0) is 0 Å². The van der Waals surface area contributed by atoms with Crippen LogP contribution in [0.1, 0.15) is 13.8 Å². The molecule has 1 atom stereocenters. The lowest BCUT2D eigenvalue weighted by Crippen LogP contribution is -2.13. The van der Waals surface area contributed by atoms with Gasteiger partial charge in [0, 0.05) is 5.56 Å². The monoisotopic (exact) mass is 246 g/mol. The lowest BCUT2D eigenvalue weighted by Gasteiger charge is -2.23. The highest BCUT2D eigenvalue weighted by Gasteiger charge is 2.24. The molecule has 2 aromatic carbocycles. The Kier molecular flexibility index (Phi) is 3.78. The normalized spacial score (nSPS) is 15.8. The van der Waals surface area contributed by atoms with E-state index in [2.05, 4.69) is 0 Å². The Balaban J connectivity index is 0.000000514. The highest BCUT2D eigenvalue weighted by molar-refractivity contribution is 7.55. The first kappa shape index (κ1) is 12.1. The molecule has 3 rings (SSSR count). The van der Waals surface area contributed by atoms with Gasteiger partial charge in [-0.15, -0.1) is 0 Å². The Morgan fingerprint density at radius 2 is 1.47 bits per heavy atom. The van der Waals surface area contributed by atoms with E-state index in [-0.39, 0.29) is 0 Å². The Bertz CT molecular complexity index is 511. The lowest BCUT2D eigenvalue weighted by molar-refractivity contribution is 0.498. The van der Waals surface area contributed by atoms with Gasteiger partial charge in [-0.2, -0.15) is 0 Å². The molecule has 0 amide bonds. The predicted molar refractivity (Wildman–Crippen MR) is 72.6 cm³/mol. The molecule has 0 bridgehead atoms. The van der Waals surface area contributed by atoms with Crippen LogP contribution in [-0.4, -0.2) is 4.89 Å². The second-order valence-corrected chi connectivity index (χ2v) is 4.59. The van der Waals surface area contributed by atoms with Gasteiger partial charge in [0.2, 0.25) is 0 Å². The fraction of sp³-hybridized carbons (Fsp3) is 0.143. The lowest BCUT2D eigenvalue weighted by atomic mass is 10.0. The molecule has 88 valence electrons. The topological polar surface area (TPSA) is 29.5 Å². The highest BCUT2D eigenvalue weighted by atomic mass is 31.2. The average Bonchev–Trinajstić information content (AvgIpc) is 2.42. The minimum Gasteiger partial charge on any atom is -0.443 e. The van der Waals surface area contributed by atoms with E-state index in [1.54, 1.807) is 0 Å². The summed E-state index contributed by atoms with van der Waals surface area (Å²) in [5, 5.41) is 0.895. The molecule has 0 fully saturated rings. The number of hydrogen-bond donors (Lipinski definition) is 1. The third-order valence-electron chi connectivity index (χ3n) is 2.47. The van der Waals surface area contributed by atoms with Crippen LogP contribution in [0.15, 0.2) is 48.5 Å². The largest absolute Gasteiger partial charge is 0.443 e. The van der Waals surface area contributed by atoms with E-state index in [1.807, 2.05) is 62.4 Å². The van der Waals surface area contributed by atoms with E-state index in [1.165, 1.54) is 0 Å². The molecule has 2 nitrogen and oxygen atoms in total. The minimum absolute atomic E-state index is 0.768. The summed E-state index contributed by atoms with van der Waals surface area (Å²) in [4.78, 5) is 9.85. The molecule has 1 aliphatic rings. The molecule has 0 saturated heterocycles. The molecule has 0 saturated carbocycles. The second-order valence-electron chi connectivity index (χ2n) is 3.38. The van der Waals surface area contributed by atoms with Crippen molar-refractivity contribution >= 4 is 13.7 Å². The Morgan fingerprint density at radius 1 is 0.882 bits per heavy atom. The van der Waals surface area contributed by atoms with E-state index in [0.29, 0.717) is 0 Å². The molecule has 0 radical (unpaired) electrons. The van der Waals surface area contributed by atoms with Crippen molar-refractivity contribution in [1.29, 1.82) is 0 Å². The van der Waals surface area contributed by atoms with Gasteiger partial charge >= 0.3 is 0 Å². The molecule has 3 heteroatoms. The molecule has 1 unspecified atom stereocenters. The van der Waals surface area contributed by atoms with Gasteiger partial charge < -0.3 is 9.42 Å². The van der Waals surface area contributed by atoms with E-state index in [4.69, 9.17) is 4.52 Å². The summed E-state index contributed by atoms with van der Waals surface area (Å²) >= 11 is 0. The summed E-state index contributed by atoms with van der Waals surface area (Å²) in [6.45, 7) is 4.00. The summed E-state index contributed by atoms with van der Waals surface area (Å²) in [5.74, 6) is 0.768. The number of benzene rings is 2. The van der Waals surface area contributed by atoms with Crippen LogP contribution in [0.3, 0.4) is 0 Å². The van der Waals surface area contributed by atoms with Gasteiger partial charge in [0.1, 0.15) is 5.75 Å². The third kappa shape index (κ3) is 2.19. The van der Waals surface area contributed by atoms with Crippen molar-refractivity contribution in [3.05, 3.63) is 48.5 Å². The summed E-state index contributed by atoms with van der Waals surface area (Å²) in [6.07, 6.45) is 0. The first-order chi connectivity index (χ1) is 8.36. The average molecular weight is 246 g/mol. The van der Waals surface area contributed by atoms with E-state index in [0.717, 1.165) is 22.2 Å².